The monoisotopic (exact) mass is 456 g/mol. The van der Waals surface area contributed by atoms with E-state index in [0.29, 0.717) is 11.8 Å². The first-order valence-electron chi connectivity index (χ1n) is 12.5. The number of phenols is 1. The van der Waals surface area contributed by atoms with Crippen molar-refractivity contribution in [2.75, 3.05) is 5.73 Å². The van der Waals surface area contributed by atoms with Gasteiger partial charge in [-0.05, 0) is 102 Å². The van der Waals surface area contributed by atoms with Crippen molar-refractivity contribution in [1.29, 1.82) is 0 Å². The van der Waals surface area contributed by atoms with Crippen molar-refractivity contribution in [3.05, 3.63) is 87.5 Å². The highest BCUT2D eigenvalue weighted by molar-refractivity contribution is 6.02. The zero-order valence-electron chi connectivity index (χ0n) is 21.9. The molecule has 0 saturated carbocycles. The van der Waals surface area contributed by atoms with Crippen molar-refractivity contribution in [3.8, 4) is 5.75 Å². The van der Waals surface area contributed by atoms with Crippen LogP contribution in [-0.4, -0.2) is 10.8 Å². The van der Waals surface area contributed by atoms with Crippen LogP contribution in [0.25, 0.3) is 0 Å². The number of nitrogens with zero attached hydrogens (tertiary/aromatic N) is 1. The summed E-state index contributed by atoms with van der Waals surface area (Å²) in [7, 11) is 0. The van der Waals surface area contributed by atoms with Gasteiger partial charge in [-0.1, -0.05) is 65.3 Å². The third kappa shape index (κ3) is 5.88. The Balaban J connectivity index is 2.05. The van der Waals surface area contributed by atoms with Gasteiger partial charge in [0.1, 0.15) is 5.75 Å². The molecule has 0 spiro atoms. The molecule has 0 aliphatic heterocycles. The van der Waals surface area contributed by atoms with Crippen LogP contribution in [0, 0.1) is 13.8 Å². The maximum atomic E-state index is 9.70. The number of aliphatic imine (C=N–C) groups is 1. The second kappa shape index (κ2) is 10.9. The van der Waals surface area contributed by atoms with Crippen LogP contribution in [0.2, 0.25) is 0 Å². The summed E-state index contributed by atoms with van der Waals surface area (Å²) in [5.74, 6) is 1.04. The van der Waals surface area contributed by atoms with Gasteiger partial charge in [-0.2, -0.15) is 0 Å². The zero-order valence-corrected chi connectivity index (χ0v) is 21.9. The summed E-state index contributed by atoms with van der Waals surface area (Å²) in [5, 5.41) is 9.70. The Bertz CT molecular complexity index is 1170. The number of benzene rings is 3. The number of nitrogen functional groups attached to an aromatic ring is 1. The highest BCUT2D eigenvalue weighted by Crippen LogP contribution is 2.34. The maximum absolute atomic E-state index is 9.70. The van der Waals surface area contributed by atoms with Crippen LogP contribution >= 0.6 is 0 Å². The van der Waals surface area contributed by atoms with E-state index >= 15 is 0 Å². The molecular weight excluding hydrogens is 416 g/mol. The minimum Gasteiger partial charge on any atom is -0.508 e. The van der Waals surface area contributed by atoms with E-state index in [2.05, 4.69) is 72.7 Å². The van der Waals surface area contributed by atoms with Gasteiger partial charge >= 0.3 is 0 Å². The van der Waals surface area contributed by atoms with E-state index in [1.54, 1.807) is 12.1 Å². The number of hydrogen-bond acceptors (Lipinski definition) is 3. The van der Waals surface area contributed by atoms with E-state index in [1.165, 1.54) is 27.8 Å². The number of hydrogen-bond donors (Lipinski definition) is 2. The van der Waals surface area contributed by atoms with E-state index in [0.717, 1.165) is 47.5 Å². The van der Waals surface area contributed by atoms with E-state index < -0.39 is 0 Å². The molecule has 0 aromatic heterocycles. The van der Waals surface area contributed by atoms with Crippen LogP contribution in [0.15, 0.2) is 53.5 Å². The zero-order chi connectivity index (χ0) is 25.0. The van der Waals surface area contributed by atoms with Gasteiger partial charge in [0.15, 0.2) is 0 Å². The summed E-state index contributed by atoms with van der Waals surface area (Å²) < 4.78 is 0. The average molecular weight is 457 g/mol. The number of nitrogens with two attached hydrogens (primary N) is 1. The third-order valence-corrected chi connectivity index (χ3v) is 6.45. The summed E-state index contributed by atoms with van der Waals surface area (Å²) in [4.78, 5) is 5.20. The number of aromatic hydroxyl groups is 1. The quantitative estimate of drug-likeness (QED) is 0.264. The first-order chi connectivity index (χ1) is 16.1. The van der Waals surface area contributed by atoms with Crippen LogP contribution in [-0.2, 0) is 6.42 Å². The first kappa shape index (κ1) is 25.6. The molecule has 0 saturated heterocycles. The molecule has 0 amide bonds. The van der Waals surface area contributed by atoms with Crippen LogP contribution in [0.4, 0.5) is 11.4 Å². The Hall–Kier alpha value is -3.07. The summed E-state index contributed by atoms with van der Waals surface area (Å²) in [5.41, 5.74) is 17.9. The van der Waals surface area contributed by atoms with Gasteiger partial charge in [-0.3, -0.25) is 4.99 Å². The molecule has 0 fully saturated rings. The van der Waals surface area contributed by atoms with Crippen LogP contribution < -0.4 is 5.73 Å². The fourth-order valence-electron chi connectivity index (χ4n) is 4.59. The van der Waals surface area contributed by atoms with Crippen molar-refractivity contribution in [1.82, 2.24) is 0 Å². The van der Waals surface area contributed by atoms with Crippen molar-refractivity contribution >= 4 is 17.1 Å². The SMILES string of the molecule is CCC/C(=N\c1c(C)cc(Cc2cc(C)c(N)c(C(C)C)c2)cc1C(C)C)c1ccc(O)cc1. The summed E-state index contributed by atoms with van der Waals surface area (Å²) >= 11 is 0. The van der Waals surface area contributed by atoms with Crippen molar-refractivity contribution in [3.63, 3.8) is 0 Å². The van der Waals surface area contributed by atoms with Crippen molar-refractivity contribution in [2.45, 2.75) is 79.6 Å². The van der Waals surface area contributed by atoms with Gasteiger partial charge in [-0.25, -0.2) is 0 Å². The molecule has 0 unspecified atom stereocenters. The lowest BCUT2D eigenvalue weighted by Gasteiger charge is -2.18. The van der Waals surface area contributed by atoms with E-state index in [9.17, 15) is 5.11 Å². The molecule has 0 heterocycles. The topological polar surface area (TPSA) is 58.6 Å². The second-order valence-corrected chi connectivity index (χ2v) is 10.1. The van der Waals surface area contributed by atoms with E-state index in [-0.39, 0.29) is 5.75 Å². The first-order valence-corrected chi connectivity index (χ1v) is 12.5. The Morgan fingerprint density at radius 2 is 1.41 bits per heavy atom. The number of anilines is 1. The van der Waals surface area contributed by atoms with E-state index in [4.69, 9.17) is 10.7 Å². The lowest BCUT2D eigenvalue weighted by Crippen LogP contribution is -2.04. The highest BCUT2D eigenvalue weighted by Gasteiger charge is 2.15. The third-order valence-electron chi connectivity index (χ3n) is 6.45. The van der Waals surface area contributed by atoms with Gasteiger partial charge in [0, 0.05) is 11.4 Å². The van der Waals surface area contributed by atoms with Crippen molar-refractivity contribution in [2.24, 2.45) is 4.99 Å². The molecular formula is C31H40N2O. The highest BCUT2D eigenvalue weighted by atomic mass is 16.3. The maximum Gasteiger partial charge on any atom is 0.115 e. The lowest BCUT2D eigenvalue weighted by atomic mass is 9.90. The number of aryl methyl sites for hydroxylation is 2. The average Bonchev–Trinajstić information content (AvgIpc) is 2.77. The van der Waals surface area contributed by atoms with E-state index in [1.807, 2.05) is 12.1 Å². The minimum atomic E-state index is 0.279. The summed E-state index contributed by atoms with van der Waals surface area (Å²) in [6.07, 6.45) is 2.79. The molecule has 180 valence electrons. The van der Waals surface area contributed by atoms with Crippen LogP contribution in [0.3, 0.4) is 0 Å². The summed E-state index contributed by atoms with van der Waals surface area (Å²) in [6, 6.07) is 16.5. The molecule has 3 N–H and O–H groups in total. The fraction of sp³-hybridized carbons (Fsp3) is 0.387. The Kier molecular flexibility index (Phi) is 8.19. The molecule has 3 heteroatoms. The molecule has 3 rings (SSSR count). The van der Waals surface area contributed by atoms with Crippen molar-refractivity contribution < 1.29 is 5.11 Å². The van der Waals surface area contributed by atoms with Crippen LogP contribution in [0.5, 0.6) is 5.75 Å². The van der Waals surface area contributed by atoms with Gasteiger partial charge < -0.3 is 10.8 Å². The summed E-state index contributed by atoms with van der Waals surface area (Å²) in [6.45, 7) is 15.3. The van der Waals surface area contributed by atoms with Crippen LogP contribution in [0.1, 0.15) is 98.2 Å². The van der Waals surface area contributed by atoms with Gasteiger partial charge in [0.2, 0.25) is 0 Å². The molecule has 0 radical (unpaired) electrons. The van der Waals surface area contributed by atoms with Gasteiger partial charge in [0.05, 0.1) is 5.69 Å². The fourth-order valence-corrected chi connectivity index (χ4v) is 4.59. The normalized spacial score (nSPS) is 12.1. The standard InChI is InChI=1S/C31H40N2O/c1-8-9-29(25-10-12-26(34)13-11-25)33-31-22(7)15-24(18-28(31)20(4)5)16-23-14-21(6)30(32)27(17-23)19(2)3/h10-15,17-20,34H,8-9,16,32H2,1-7H3/b33-29+. The molecule has 0 bridgehead atoms. The molecule has 34 heavy (non-hydrogen) atoms. The number of phenolic OH excluding ortho intramolecular Hbond substituents is 1. The molecule has 3 aromatic rings. The van der Waals surface area contributed by atoms with Gasteiger partial charge in [0.25, 0.3) is 0 Å². The largest absolute Gasteiger partial charge is 0.508 e. The van der Waals surface area contributed by atoms with Gasteiger partial charge in [-0.15, -0.1) is 0 Å². The smallest absolute Gasteiger partial charge is 0.115 e. The predicted molar refractivity (Wildman–Crippen MR) is 147 cm³/mol. The molecule has 3 aromatic carbocycles. The Morgan fingerprint density at radius 3 is 1.97 bits per heavy atom. The minimum absolute atomic E-state index is 0.279. The Labute approximate surface area is 205 Å². The molecule has 0 aliphatic carbocycles. The lowest BCUT2D eigenvalue weighted by molar-refractivity contribution is 0.475. The second-order valence-electron chi connectivity index (χ2n) is 10.1. The molecule has 0 atom stereocenters. The molecule has 3 nitrogen and oxygen atoms in total. The molecule has 0 aliphatic rings. The Morgan fingerprint density at radius 1 is 0.853 bits per heavy atom. The predicted octanol–water partition coefficient (Wildman–Crippen LogP) is 8.35. The number of rotatable bonds is 8.